The van der Waals surface area contributed by atoms with Gasteiger partial charge in [0, 0.05) is 125 Å². The Bertz CT molecular complexity index is 6650. The van der Waals surface area contributed by atoms with Crippen molar-refractivity contribution < 1.29 is 102 Å². The third-order valence-corrected chi connectivity index (χ3v) is 24.5. The highest BCUT2D eigenvalue weighted by Gasteiger charge is 2.37. The number of nitrogens with zero attached hydrogens (tertiary/aromatic N) is 13. The van der Waals surface area contributed by atoms with Crippen LogP contribution in [0.25, 0.3) is 33.2 Å². The molecule has 12 rings (SSSR count). The van der Waals surface area contributed by atoms with Crippen LogP contribution < -0.4 is 79.8 Å². The number of aromatic nitrogens is 12. The van der Waals surface area contributed by atoms with Gasteiger partial charge in [0.05, 0.1) is 94.3 Å². The first kappa shape index (κ1) is 106. The molecule has 22 N–H and O–H groups in total. The number of carbonyl (C=O) groups excluding carboxylic acids is 11. The number of benzene rings is 4. The number of carboxylic acid groups (broad SMARTS) is 4. The Labute approximate surface area is 825 Å². The van der Waals surface area contributed by atoms with Gasteiger partial charge < -0.3 is 108 Å². The van der Waals surface area contributed by atoms with Crippen molar-refractivity contribution in [2.24, 2.45) is 24.2 Å². The number of methoxy groups -OCH3 is 1. The van der Waals surface area contributed by atoms with E-state index in [9.17, 15) is 87.2 Å². The van der Waals surface area contributed by atoms with Crippen LogP contribution >= 0.6 is 23.2 Å². The average Bonchev–Trinajstić information content (AvgIpc) is 1.62. The SMILES string of the molecule is CCn1nc(C)cc1C(=O)Nc1nc2cc(C(N)=O)cc(OC)c2n1C/C=C/Cn1c(NC(=O)c2cc(C)nn2CC)nc2cc(C(N)=O)cc(OCCCNC(=O)[C@H](CC(=O)O)NC(=O)[C@H](CC(=O)O)NC(=O)[C@H](CCCNC(=N)N)NC(=O)[C@H](CC(=O)O)NC(=O)CCCN3CCc4[nH]c(C(=O)Nc5cccc(-c6cccc(NC(=O)c7nc8c(n7C)CCN(CCCC(=O)O)C8)c6Cl)c5Cl)nc4C3C)c21. The van der Waals surface area contributed by atoms with E-state index in [1.807, 2.05) is 18.7 Å². The number of amides is 11. The standard InChI is InChI=1S/C92H110Cl2N28O21/c1-8-121-64(36-46(3)114-121)86(138)112-91-109-57-38-49(78(95)132)40-66(142-7)76(57)119(91)31-10-11-32-120-77-58(110-92(120)113-87(139)65-37-47(4)115-122(65)9-2)39-50(79(96)133)41-67(77)143-35-17-28-99-82(134)59(42-70(126)127)107-85(137)61(44-72(130)131)108-83(135)56(22-14-27-100-90(97)98)106-84(136)60(43-71(128)129)101-68(123)23-15-30-118-34-25-55-75(48(118)5)111-80(102-55)88(140)104-53-20-12-18-51(73(53)93)52-19-13-21-54(74(52)94)105-89(141)81-103-62-45-117(29-16-24-69(124)125)33-26-63(62)116(81)6/h10-13,18-21,36-41,48,56,59-61H,8-9,14-17,22-35,42-45H2,1-7H3,(H2,95,132)(H2,96,133)(H,99,134)(H,101,123)(H,102,111)(H,104,140)(H,105,141)(H,106,136)(H,107,137)(H,108,135)(H,124,125)(H,126,127)(H,128,129)(H,130,131)(H4,97,98,100)(H,109,112,138)(H,110,113,139)/b11-10+/t48?,56-,59-,60-,61-/m0/s1. The molecule has 0 aliphatic carbocycles. The first-order valence-corrected chi connectivity index (χ1v) is 46.4. The van der Waals surface area contributed by atoms with Crippen molar-refractivity contribution in [3.05, 3.63) is 163 Å². The minimum Gasteiger partial charge on any atom is -0.494 e. The molecule has 49 nitrogen and oxygen atoms in total. The molecule has 0 bridgehead atoms. The van der Waals surface area contributed by atoms with Gasteiger partial charge in [-0.1, -0.05) is 59.6 Å². The van der Waals surface area contributed by atoms with Gasteiger partial charge in [0.2, 0.25) is 53.2 Å². The van der Waals surface area contributed by atoms with Crippen molar-refractivity contribution in [3.63, 3.8) is 0 Å². The van der Waals surface area contributed by atoms with Gasteiger partial charge in [-0.3, -0.25) is 107 Å². The molecule has 11 amide bonds. The number of primary amides is 2. The normalized spacial score (nSPS) is 13.8. The summed E-state index contributed by atoms with van der Waals surface area (Å²) in [5, 5.41) is 81.6. The molecule has 0 spiro atoms. The summed E-state index contributed by atoms with van der Waals surface area (Å²) in [6, 6.07) is 10.6. The van der Waals surface area contributed by atoms with Crippen molar-refractivity contribution in [1.82, 2.24) is 99.9 Å². The number of nitrogens with one attached hydrogen (secondary N) is 12. The molecule has 0 saturated heterocycles. The Hall–Kier alpha value is -16.2. The molecule has 0 radical (unpaired) electrons. The van der Waals surface area contributed by atoms with Crippen molar-refractivity contribution in [2.75, 3.05) is 74.3 Å². The number of aryl methyl sites for hydroxylation is 4. The summed E-state index contributed by atoms with van der Waals surface area (Å²) in [6.45, 7) is 11.1. The van der Waals surface area contributed by atoms with Crippen LogP contribution in [0, 0.1) is 19.3 Å². The lowest BCUT2D eigenvalue weighted by Gasteiger charge is -2.32. The number of aliphatic carboxylic acids is 4. The van der Waals surface area contributed by atoms with Gasteiger partial charge >= 0.3 is 23.9 Å². The molecule has 0 saturated carbocycles. The van der Waals surface area contributed by atoms with Gasteiger partial charge in [0.1, 0.15) is 58.1 Å². The molecule has 10 aromatic rings. The van der Waals surface area contributed by atoms with Crippen LogP contribution in [-0.2, 0) is 95.8 Å². The topological polar surface area (TPSA) is 702 Å². The summed E-state index contributed by atoms with van der Waals surface area (Å²) in [4.78, 5) is 226. The first-order valence-electron chi connectivity index (χ1n) is 45.6. The molecule has 2 aliphatic heterocycles. The Morgan fingerprint density at radius 2 is 1.08 bits per heavy atom. The molecular formula is C92H110Cl2N28O21. The number of hydrogen-bond donors (Lipinski definition) is 19. The van der Waals surface area contributed by atoms with Gasteiger partial charge in [-0.2, -0.15) is 10.2 Å². The van der Waals surface area contributed by atoms with E-state index in [2.05, 4.69) is 88.2 Å². The second-order valence-electron chi connectivity index (χ2n) is 33.8. The lowest BCUT2D eigenvalue weighted by Crippen LogP contribution is -2.59. The van der Waals surface area contributed by atoms with E-state index >= 15 is 0 Å². The number of allylic oxidation sites excluding steroid dienone is 2. The number of fused-ring (bicyclic) bond motifs is 4. The summed E-state index contributed by atoms with van der Waals surface area (Å²) >= 11 is 14.0. The summed E-state index contributed by atoms with van der Waals surface area (Å²) in [5.74, 6) is -15.7. The van der Waals surface area contributed by atoms with Crippen molar-refractivity contribution in [3.8, 4) is 22.6 Å². The predicted octanol–water partition coefficient (Wildman–Crippen LogP) is 4.47. The number of imidazole rings is 4. The van der Waals surface area contributed by atoms with Gasteiger partial charge in [-0.15, -0.1) is 0 Å². The summed E-state index contributed by atoms with van der Waals surface area (Å²) < 4.78 is 19.9. The fraction of sp³-hybridized carbons (Fsp3) is 0.391. The maximum absolute atomic E-state index is 14.4. The lowest BCUT2D eigenvalue weighted by molar-refractivity contribution is -0.143. The van der Waals surface area contributed by atoms with E-state index in [-0.39, 0.29) is 173 Å². The number of hydrogen-bond acceptors (Lipinski definition) is 26. The summed E-state index contributed by atoms with van der Waals surface area (Å²) in [6.07, 6.45) is 0.931. The largest absolute Gasteiger partial charge is 0.494 e. The third kappa shape index (κ3) is 26.5. The van der Waals surface area contributed by atoms with Crippen LogP contribution in [0.5, 0.6) is 11.5 Å². The molecule has 5 atom stereocenters. The fourth-order valence-corrected chi connectivity index (χ4v) is 17.3. The van der Waals surface area contributed by atoms with Crippen molar-refractivity contribution >= 4 is 163 Å². The number of ether oxygens (including phenoxy) is 2. The maximum atomic E-state index is 14.4. The number of aromatic amines is 1. The van der Waals surface area contributed by atoms with Gasteiger partial charge in [0.15, 0.2) is 17.6 Å². The Morgan fingerprint density at radius 1 is 0.573 bits per heavy atom. The highest BCUT2D eigenvalue weighted by atomic mass is 35.5. The van der Waals surface area contributed by atoms with E-state index in [1.165, 1.54) is 40.7 Å². The summed E-state index contributed by atoms with van der Waals surface area (Å²) in [5.41, 5.74) is 23.6. The zero-order valence-corrected chi connectivity index (χ0v) is 80.5. The number of guanidine groups is 1. The number of halogens is 2. The van der Waals surface area contributed by atoms with E-state index in [0.29, 0.717) is 98.0 Å². The molecule has 4 aromatic carbocycles. The van der Waals surface area contributed by atoms with Crippen LogP contribution in [0.2, 0.25) is 10.0 Å². The van der Waals surface area contributed by atoms with E-state index in [4.69, 9.17) is 65.4 Å². The quantitative estimate of drug-likeness (QED) is 0.0108. The average molecular weight is 2010 g/mol. The fourth-order valence-electron chi connectivity index (χ4n) is 16.7. The smallest absolute Gasteiger partial charge is 0.305 e. The number of rotatable bonds is 49. The van der Waals surface area contributed by atoms with Gasteiger partial charge in [0.25, 0.3) is 23.6 Å². The molecule has 8 heterocycles. The van der Waals surface area contributed by atoms with Crippen LogP contribution in [0.15, 0.2) is 84.9 Å². The van der Waals surface area contributed by atoms with Crippen LogP contribution in [-0.4, -0.2) is 260 Å². The molecule has 1 unspecified atom stereocenters. The Kier molecular flexibility index (Phi) is 35.2. The third-order valence-electron chi connectivity index (χ3n) is 23.7. The minimum atomic E-state index is -2.11. The molecule has 6 aromatic heterocycles. The molecular weight excluding hydrogens is 1900 g/mol. The van der Waals surface area contributed by atoms with E-state index < -0.39 is 144 Å². The Balaban J connectivity index is 0.664. The molecule has 2 aliphatic rings. The second-order valence-corrected chi connectivity index (χ2v) is 34.6. The number of nitrogens with two attached hydrogens (primary N) is 3. The highest BCUT2D eigenvalue weighted by Crippen LogP contribution is 2.42. The first-order chi connectivity index (χ1) is 68.2. The monoisotopic (exact) mass is 2010 g/mol. The predicted molar refractivity (Wildman–Crippen MR) is 519 cm³/mol. The second kappa shape index (κ2) is 47.7. The molecule has 0 fully saturated rings. The van der Waals surface area contributed by atoms with Crippen molar-refractivity contribution in [2.45, 2.75) is 175 Å². The highest BCUT2D eigenvalue weighted by molar-refractivity contribution is 6.40. The summed E-state index contributed by atoms with van der Waals surface area (Å²) in [7, 11) is 3.13. The zero-order valence-electron chi connectivity index (χ0n) is 79.0. The number of H-pyrrole nitrogens is 1. The van der Waals surface area contributed by atoms with Crippen LogP contribution in [0.3, 0.4) is 0 Å². The van der Waals surface area contributed by atoms with E-state index in [1.54, 1.807) is 102 Å². The molecule has 143 heavy (non-hydrogen) atoms. The van der Waals surface area contributed by atoms with Gasteiger partial charge in [-0.05, 0) is 128 Å². The zero-order chi connectivity index (χ0) is 103. The molecule has 758 valence electrons. The Morgan fingerprint density at radius 3 is 1.62 bits per heavy atom. The molecule has 51 heteroatoms. The van der Waals surface area contributed by atoms with Gasteiger partial charge in [-0.25, -0.2) is 19.9 Å². The number of anilines is 4. The lowest BCUT2D eigenvalue weighted by atomic mass is 10.0. The van der Waals surface area contributed by atoms with Crippen molar-refractivity contribution in [1.29, 1.82) is 5.41 Å². The maximum Gasteiger partial charge on any atom is 0.305 e. The van der Waals surface area contributed by atoms with Crippen LogP contribution in [0.4, 0.5) is 23.3 Å². The number of carbonyl (C=O) groups is 15. The number of carboxylic acids is 4. The van der Waals surface area contributed by atoms with Crippen LogP contribution in [0.1, 0.15) is 188 Å². The van der Waals surface area contributed by atoms with E-state index in [0.717, 1.165) is 11.4 Å². The minimum absolute atomic E-state index is 0.0192.